The minimum atomic E-state index is 0.520. The molecule has 0 fully saturated rings. The lowest BCUT2D eigenvalue weighted by Crippen LogP contribution is -1.96. The summed E-state index contributed by atoms with van der Waals surface area (Å²) in [5, 5.41) is 0.520. The van der Waals surface area contributed by atoms with Gasteiger partial charge in [0, 0.05) is 24.5 Å². The topological polar surface area (TPSA) is 30.7 Å². The Morgan fingerprint density at radius 3 is 2.93 bits per heavy atom. The Balaban J connectivity index is 2.52. The Labute approximate surface area is 87.4 Å². The molecule has 0 radical (unpaired) electrons. The number of rotatable bonds is 2. The second-order valence-electron chi connectivity index (χ2n) is 2.90. The van der Waals surface area contributed by atoms with E-state index < -0.39 is 0 Å². The summed E-state index contributed by atoms with van der Waals surface area (Å²) in [5.74, 6) is 0. The van der Waals surface area contributed by atoms with Crippen LogP contribution in [0, 0.1) is 0 Å². The molecule has 2 heterocycles. The maximum absolute atomic E-state index is 5.93. The van der Waals surface area contributed by atoms with Crippen molar-refractivity contribution in [3.05, 3.63) is 36.0 Å². The van der Waals surface area contributed by atoms with Gasteiger partial charge in [-0.05, 0) is 30.7 Å². The highest BCUT2D eigenvalue weighted by molar-refractivity contribution is 6.28. The molecule has 0 amide bonds. The van der Waals surface area contributed by atoms with Gasteiger partial charge in [-0.3, -0.25) is 4.98 Å². The maximum Gasteiger partial charge on any atom is 0.203 e. The summed E-state index contributed by atoms with van der Waals surface area (Å²) in [5.41, 5.74) is 2.04. The molecule has 0 saturated carbocycles. The maximum atomic E-state index is 5.93. The Morgan fingerprint density at radius 2 is 2.29 bits per heavy atom. The van der Waals surface area contributed by atoms with Crippen molar-refractivity contribution in [2.75, 3.05) is 0 Å². The molecular formula is C10H10ClN3. The number of halogens is 1. The zero-order chi connectivity index (χ0) is 9.97. The molecule has 3 nitrogen and oxygen atoms in total. The lowest BCUT2D eigenvalue weighted by molar-refractivity contribution is 0.769. The SMILES string of the molecule is CCn1c(-c2cccnc2)cnc1Cl. The van der Waals surface area contributed by atoms with Crippen LogP contribution in [0.5, 0.6) is 0 Å². The first-order valence-electron chi connectivity index (χ1n) is 4.44. The number of nitrogens with zero attached hydrogens (tertiary/aromatic N) is 3. The minimum absolute atomic E-state index is 0.520. The van der Waals surface area contributed by atoms with Crippen LogP contribution >= 0.6 is 11.6 Å². The third-order valence-electron chi connectivity index (χ3n) is 2.08. The van der Waals surface area contributed by atoms with Crippen LogP contribution in [0.1, 0.15) is 6.92 Å². The predicted molar refractivity (Wildman–Crippen MR) is 56.1 cm³/mol. The monoisotopic (exact) mass is 207 g/mol. The van der Waals surface area contributed by atoms with Crippen LogP contribution in [0.3, 0.4) is 0 Å². The zero-order valence-corrected chi connectivity index (χ0v) is 8.57. The van der Waals surface area contributed by atoms with Crippen molar-refractivity contribution in [3.63, 3.8) is 0 Å². The fourth-order valence-corrected chi connectivity index (χ4v) is 1.66. The molecule has 2 rings (SSSR count). The molecule has 4 heteroatoms. The van der Waals surface area contributed by atoms with E-state index in [0.29, 0.717) is 5.28 Å². The van der Waals surface area contributed by atoms with Crippen molar-refractivity contribution in [3.8, 4) is 11.3 Å². The van der Waals surface area contributed by atoms with E-state index in [2.05, 4.69) is 9.97 Å². The highest BCUT2D eigenvalue weighted by Gasteiger charge is 2.07. The zero-order valence-electron chi connectivity index (χ0n) is 7.81. The standard InChI is InChI=1S/C10H10ClN3/c1-2-14-9(7-13-10(14)11)8-4-3-5-12-6-8/h3-7H,2H2,1H3. The molecule has 0 aliphatic rings. The molecule has 0 aliphatic heterocycles. The Hall–Kier alpha value is -1.35. The van der Waals surface area contributed by atoms with Crippen LogP contribution in [-0.2, 0) is 6.54 Å². The molecule has 2 aromatic rings. The summed E-state index contributed by atoms with van der Waals surface area (Å²) in [6.45, 7) is 2.84. The molecule has 0 aromatic carbocycles. The highest BCUT2D eigenvalue weighted by atomic mass is 35.5. The summed E-state index contributed by atoms with van der Waals surface area (Å²) >= 11 is 5.93. The number of imidazole rings is 1. The lowest BCUT2D eigenvalue weighted by atomic mass is 10.2. The van der Waals surface area contributed by atoms with Crippen LogP contribution in [0.4, 0.5) is 0 Å². The Kier molecular flexibility index (Phi) is 2.50. The summed E-state index contributed by atoms with van der Waals surface area (Å²) in [6.07, 6.45) is 5.32. The fraction of sp³-hybridized carbons (Fsp3) is 0.200. The number of hydrogen-bond donors (Lipinski definition) is 0. The van der Waals surface area contributed by atoms with Crippen LogP contribution in [-0.4, -0.2) is 14.5 Å². The minimum Gasteiger partial charge on any atom is -0.315 e. The Morgan fingerprint density at radius 1 is 1.43 bits per heavy atom. The van der Waals surface area contributed by atoms with E-state index in [4.69, 9.17) is 11.6 Å². The average molecular weight is 208 g/mol. The molecule has 0 N–H and O–H groups in total. The van der Waals surface area contributed by atoms with Crippen LogP contribution in [0.25, 0.3) is 11.3 Å². The molecule has 0 atom stereocenters. The van der Waals surface area contributed by atoms with Gasteiger partial charge >= 0.3 is 0 Å². The smallest absolute Gasteiger partial charge is 0.203 e. The van der Waals surface area contributed by atoms with Crippen molar-refractivity contribution in [1.82, 2.24) is 14.5 Å². The third-order valence-corrected chi connectivity index (χ3v) is 2.38. The molecule has 14 heavy (non-hydrogen) atoms. The quantitative estimate of drug-likeness (QED) is 0.758. The van der Waals surface area contributed by atoms with Gasteiger partial charge in [0.15, 0.2) is 0 Å². The molecular weight excluding hydrogens is 198 g/mol. The van der Waals surface area contributed by atoms with Gasteiger partial charge in [0.25, 0.3) is 0 Å². The van der Waals surface area contributed by atoms with E-state index in [1.54, 1.807) is 18.6 Å². The fourth-order valence-electron chi connectivity index (χ4n) is 1.40. The van der Waals surface area contributed by atoms with Crippen molar-refractivity contribution in [2.45, 2.75) is 13.5 Å². The number of hydrogen-bond acceptors (Lipinski definition) is 2. The van der Waals surface area contributed by atoms with Gasteiger partial charge in [-0.15, -0.1) is 0 Å². The molecule has 0 bridgehead atoms. The van der Waals surface area contributed by atoms with Gasteiger partial charge in [0.05, 0.1) is 11.9 Å². The van der Waals surface area contributed by atoms with Crippen molar-refractivity contribution < 1.29 is 0 Å². The summed E-state index contributed by atoms with van der Waals surface area (Å²) in [4.78, 5) is 8.13. The van der Waals surface area contributed by atoms with Gasteiger partial charge in [-0.2, -0.15) is 0 Å². The largest absolute Gasteiger partial charge is 0.315 e. The summed E-state index contributed by atoms with van der Waals surface area (Å²) in [7, 11) is 0. The number of aromatic nitrogens is 3. The lowest BCUT2D eigenvalue weighted by Gasteiger charge is -2.05. The Bertz CT molecular complexity index is 422. The van der Waals surface area contributed by atoms with Gasteiger partial charge in [0.1, 0.15) is 0 Å². The van der Waals surface area contributed by atoms with E-state index in [0.717, 1.165) is 17.8 Å². The first kappa shape index (κ1) is 9.21. The third kappa shape index (κ3) is 1.51. The first-order valence-corrected chi connectivity index (χ1v) is 4.82. The van der Waals surface area contributed by atoms with E-state index in [-0.39, 0.29) is 0 Å². The second-order valence-corrected chi connectivity index (χ2v) is 3.24. The van der Waals surface area contributed by atoms with E-state index >= 15 is 0 Å². The number of pyridine rings is 1. The van der Waals surface area contributed by atoms with Crippen molar-refractivity contribution >= 4 is 11.6 Å². The van der Waals surface area contributed by atoms with Crippen LogP contribution in [0.2, 0.25) is 5.28 Å². The molecule has 2 aromatic heterocycles. The van der Waals surface area contributed by atoms with Crippen molar-refractivity contribution in [2.24, 2.45) is 0 Å². The molecule has 0 unspecified atom stereocenters. The molecule has 72 valence electrons. The first-order chi connectivity index (χ1) is 6.83. The summed E-state index contributed by atoms with van der Waals surface area (Å²) < 4.78 is 1.94. The van der Waals surface area contributed by atoms with E-state index in [1.165, 1.54) is 0 Å². The van der Waals surface area contributed by atoms with E-state index in [1.807, 2.05) is 23.6 Å². The molecule has 0 saturated heterocycles. The molecule has 0 spiro atoms. The summed E-state index contributed by atoms with van der Waals surface area (Å²) in [6, 6.07) is 3.89. The van der Waals surface area contributed by atoms with Crippen LogP contribution in [0.15, 0.2) is 30.7 Å². The average Bonchev–Trinajstić information content (AvgIpc) is 2.61. The van der Waals surface area contributed by atoms with Gasteiger partial charge < -0.3 is 4.57 Å². The second kappa shape index (κ2) is 3.80. The van der Waals surface area contributed by atoms with Gasteiger partial charge in [-0.25, -0.2) is 4.98 Å². The highest BCUT2D eigenvalue weighted by Crippen LogP contribution is 2.21. The normalized spacial score (nSPS) is 10.4. The van der Waals surface area contributed by atoms with Gasteiger partial charge in [-0.1, -0.05) is 0 Å². The van der Waals surface area contributed by atoms with Gasteiger partial charge in [0.2, 0.25) is 5.28 Å². The predicted octanol–water partition coefficient (Wildman–Crippen LogP) is 2.62. The van der Waals surface area contributed by atoms with E-state index in [9.17, 15) is 0 Å². The molecule has 0 aliphatic carbocycles. The van der Waals surface area contributed by atoms with Crippen molar-refractivity contribution in [1.29, 1.82) is 0 Å². The van der Waals surface area contributed by atoms with Crippen LogP contribution < -0.4 is 0 Å².